The lowest BCUT2D eigenvalue weighted by Crippen LogP contribution is -2.13. The molecule has 1 aromatic heterocycles. The molecule has 33 heavy (non-hydrogen) atoms. The molecule has 0 amide bonds. The summed E-state index contributed by atoms with van der Waals surface area (Å²) in [6.45, 7) is 1.56. The Labute approximate surface area is 191 Å². The van der Waals surface area contributed by atoms with E-state index in [4.69, 9.17) is 5.73 Å². The Kier molecular flexibility index (Phi) is 6.20. The van der Waals surface area contributed by atoms with E-state index in [1.54, 1.807) is 54.1 Å². The molecule has 9 nitrogen and oxygen atoms in total. The number of para-hydroxylation sites is 1. The monoisotopic (exact) mass is 462 g/mol. The second-order valence-electron chi connectivity index (χ2n) is 7.20. The van der Waals surface area contributed by atoms with E-state index in [1.807, 2.05) is 30.3 Å². The van der Waals surface area contributed by atoms with Crippen LogP contribution in [0.1, 0.15) is 11.3 Å². The molecule has 0 fully saturated rings. The largest absolute Gasteiger partial charge is 0.392 e. The molecule has 4 N–H and O–H groups in total. The predicted molar refractivity (Wildman–Crippen MR) is 127 cm³/mol. The van der Waals surface area contributed by atoms with Gasteiger partial charge in [-0.15, -0.1) is 10.2 Å². The maximum atomic E-state index is 13.0. The fraction of sp³-hybridized carbons (Fsp3) is 0.0870. The molecule has 0 saturated heterocycles. The first-order valence-electron chi connectivity index (χ1n) is 10.0. The molecule has 0 bridgehead atoms. The van der Waals surface area contributed by atoms with Crippen LogP contribution in [0.25, 0.3) is 5.69 Å². The van der Waals surface area contributed by atoms with Crippen molar-refractivity contribution in [3.05, 3.63) is 90.1 Å². The van der Waals surface area contributed by atoms with Gasteiger partial charge in [-0.2, -0.15) is 5.10 Å². The van der Waals surface area contributed by atoms with Gasteiger partial charge < -0.3 is 10.8 Å². The van der Waals surface area contributed by atoms with Crippen molar-refractivity contribution in [2.24, 2.45) is 10.2 Å². The summed E-state index contributed by atoms with van der Waals surface area (Å²) in [7, 11) is -3.97. The average Bonchev–Trinajstić information content (AvgIpc) is 3.11. The van der Waals surface area contributed by atoms with Crippen molar-refractivity contribution >= 4 is 32.9 Å². The van der Waals surface area contributed by atoms with Gasteiger partial charge in [-0.3, -0.25) is 4.72 Å². The smallest absolute Gasteiger partial charge is 0.264 e. The van der Waals surface area contributed by atoms with Gasteiger partial charge in [0.25, 0.3) is 10.0 Å². The third-order valence-electron chi connectivity index (χ3n) is 4.84. The molecule has 0 aliphatic rings. The molecule has 4 rings (SSSR count). The van der Waals surface area contributed by atoms with Crippen LogP contribution < -0.4 is 10.5 Å². The molecule has 0 aliphatic heterocycles. The molecular weight excluding hydrogens is 440 g/mol. The van der Waals surface area contributed by atoms with E-state index >= 15 is 0 Å². The van der Waals surface area contributed by atoms with Crippen molar-refractivity contribution < 1.29 is 13.5 Å². The van der Waals surface area contributed by atoms with Gasteiger partial charge in [-0.1, -0.05) is 42.5 Å². The number of anilines is 2. The van der Waals surface area contributed by atoms with E-state index in [0.717, 1.165) is 5.69 Å². The first-order chi connectivity index (χ1) is 15.9. The SMILES string of the molecule is Cc1nn(-c2ccccc2)c(N)c1N=Nc1ccccc1S(=O)(=O)Nc1cccc(CO)c1. The molecule has 0 radical (unpaired) electrons. The molecule has 0 atom stereocenters. The van der Waals surface area contributed by atoms with Crippen LogP contribution in [0.15, 0.2) is 94.0 Å². The zero-order valence-electron chi connectivity index (χ0n) is 17.8. The number of benzene rings is 3. The van der Waals surface area contributed by atoms with Crippen molar-refractivity contribution in [1.29, 1.82) is 0 Å². The number of hydrogen-bond donors (Lipinski definition) is 3. The molecule has 0 spiro atoms. The predicted octanol–water partition coefficient (Wildman–Crippen LogP) is 4.47. The fourth-order valence-corrected chi connectivity index (χ4v) is 4.43. The third kappa shape index (κ3) is 4.76. The van der Waals surface area contributed by atoms with Crippen LogP contribution in [0.3, 0.4) is 0 Å². The van der Waals surface area contributed by atoms with E-state index in [9.17, 15) is 13.5 Å². The highest BCUT2D eigenvalue weighted by atomic mass is 32.2. The Bertz CT molecular complexity index is 1420. The summed E-state index contributed by atoms with van der Waals surface area (Å²) in [5.74, 6) is 0.293. The van der Waals surface area contributed by atoms with Gasteiger partial charge in [0, 0.05) is 5.69 Å². The number of nitrogens with zero attached hydrogens (tertiary/aromatic N) is 4. The van der Waals surface area contributed by atoms with E-state index in [2.05, 4.69) is 20.0 Å². The number of aliphatic hydroxyl groups is 1. The molecule has 0 aliphatic carbocycles. The van der Waals surface area contributed by atoms with Crippen LogP contribution in [0, 0.1) is 6.92 Å². The van der Waals surface area contributed by atoms with Crippen LogP contribution in [-0.4, -0.2) is 23.3 Å². The highest BCUT2D eigenvalue weighted by molar-refractivity contribution is 7.92. The second kappa shape index (κ2) is 9.23. The number of nitrogens with two attached hydrogens (primary N) is 1. The first kappa shape index (κ1) is 22.2. The van der Waals surface area contributed by atoms with Gasteiger partial charge in [0.15, 0.2) is 11.5 Å². The zero-order valence-corrected chi connectivity index (χ0v) is 18.6. The quantitative estimate of drug-likeness (QED) is 0.348. The standard InChI is InChI=1S/C23H22N6O3S/c1-16-22(23(24)29(27-16)19-10-3-2-4-11-19)26-25-20-12-5-6-13-21(20)33(31,32)28-18-9-7-8-17(14-18)15-30/h2-14,28,30H,15,24H2,1H3. The molecular formula is C23H22N6O3S. The maximum absolute atomic E-state index is 13.0. The Morgan fingerprint density at radius 3 is 2.48 bits per heavy atom. The van der Waals surface area contributed by atoms with E-state index in [1.165, 1.54) is 6.07 Å². The van der Waals surface area contributed by atoms with Gasteiger partial charge in [-0.25, -0.2) is 13.1 Å². The fourth-order valence-electron chi connectivity index (χ4n) is 3.24. The number of aliphatic hydroxyl groups excluding tert-OH is 1. The Morgan fingerprint density at radius 2 is 1.73 bits per heavy atom. The lowest BCUT2D eigenvalue weighted by atomic mass is 10.2. The number of hydrogen-bond acceptors (Lipinski definition) is 7. The van der Waals surface area contributed by atoms with E-state index < -0.39 is 10.0 Å². The zero-order chi connectivity index (χ0) is 23.4. The van der Waals surface area contributed by atoms with E-state index in [0.29, 0.717) is 28.5 Å². The van der Waals surface area contributed by atoms with E-state index in [-0.39, 0.29) is 17.2 Å². The minimum atomic E-state index is -3.97. The van der Waals surface area contributed by atoms with Crippen molar-refractivity contribution in [2.45, 2.75) is 18.4 Å². The number of nitrogens with one attached hydrogen (secondary N) is 1. The molecule has 0 unspecified atom stereocenters. The van der Waals surface area contributed by atoms with Crippen molar-refractivity contribution in [3.63, 3.8) is 0 Å². The lowest BCUT2D eigenvalue weighted by Gasteiger charge is -2.10. The summed E-state index contributed by atoms with van der Waals surface area (Å²) in [5.41, 5.74) is 9.00. The lowest BCUT2D eigenvalue weighted by molar-refractivity contribution is 0.282. The summed E-state index contributed by atoms with van der Waals surface area (Å²) in [4.78, 5) is -0.0465. The molecule has 168 valence electrons. The van der Waals surface area contributed by atoms with Crippen LogP contribution in [-0.2, 0) is 16.6 Å². The summed E-state index contributed by atoms with van der Waals surface area (Å²) < 4.78 is 30.2. The van der Waals surface area contributed by atoms with Crippen LogP contribution >= 0.6 is 0 Å². The number of aromatic nitrogens is 2. The molecule has 0 saturated carbocycles. The van der Waals surface area contributed by atoms with Gasteiger partial charge in [0.1, 0.15) is 10.6 Å². The Balaban J connectivity index is 1.67. The summed E-state index contributed by atoms with van der Waals surface area (Å²) in [5, 5.41) is 22.1. The number of sulfonamides is 1. The van der Waals surface area contributed by atoms with Crippen molar-refractivity contribution in [3.8, 4) is 5.69 Å². The first-order valence-corrected chi connectivity index (χ1v) is 11.5. The number of rotatable bonds is 7. The van der Waals surface area contributed by atoms with Gasteiger partial charge in [0.2, 0.25) is 0 Å². The van der Waals surface area contributed by atoms with Crippen LogP contribution in [0.5, 0.6) is 0 Å². The van der Waals surface area contributed by atoms with Crippen LogP contribution in [0.2, 0.25) is 0 Å². The van der Waals surface area contributed by atoms with Crippen molar-refractivity contribution in [1.82, 2.24) is 9.78 Å². The minimum Gasteiger partial charge on any atom is -0.392 e. The number of azo groups is 1. The average molecular weight is 463 g/mol. The van der Waals surface area contributed by atoms with Gasteiger partial charge in [0.05, 0.1) is 18.0 Å². The van der Waals surface area contributed by atoms with Crippen molar-refractivity contribution in [2.75, 3.05) is 10.5 Å². The second-order valence-corrected chi connectivity index (χ2v) is 8.85. The maximum Gasteiger partial charge on any atom is 0.264 e. The minimum absolute atomic E-state index is 0.0465. The van der Waals surface area contributed by atoms with Gasteiger partial charge in [-0.05, 0) is 48.9 Å². The summed E-state index contributed by atoms with van der Waals surface area (Å²) >= 11 is 0. The molecule has 4 aromatic rings. The Morgan fingerprint density at radius 1 is 1.00 bits per heavy atom. The highest BCUT2D eigenvalue weighted by Gasteiger charge is 2.19. The normalized spacial score (nSPS) is 11.7. The van der Waals surface area contributed by atoms with Gasteiger partial charge >= 0.3 is 0 Å². The molecule has 3 aromatic carbocycles. The summed E-state index contributed by atoms with van der Waals surface area (Å²) in [6.07, 6.45) is 0. The molecule has 10 heteroatoms. The Hall–Kier alpha value is -4.02. The number of nitrogen functional groups attached to an aromatic ring is 1. The number of aryl methyl sites for hydroxylation is 1. The van der Waals surface area contributed by atoms with Crippen LogP contribution in [0.4, 0.5) is 22.9 Å². The third-order valence-corrected chi connectivity index (χ3v) is 6.27. The molecule has 1 heterocycles. The topological polar surface area (TPSA) is 135 Å². The summed E-state index contributed by atoms with van der Waals surface area (Å²) in [6, 6.07) is 22.1. The highest BCUT2D eigenvalue weighted by Crippen LogP contribution is 2.32.